The molecule has 2 aromatic carbocycles. The van der Waals surface area contributed by atoms with Crippen molar-refractivity contribution in [2.75, 3.05) is 6.61 Å². The highest BCUT2D eigenvalue weighted by Gasteiger charge is 2.72. The molecule has 1 aliphatic rings. The number of nitrogens with zero attached hydrogens (tertiary/aromatic N) is 2. The van der Waals surface area contributed by atoms with Gasteiger partial charge < -0.3 is 24.2 Å². The molecule has 15 heteroatoms. The average Bonchev–Trinajstić information content (AvgIpc) is 3.21. The van der Waals surface area contributed by atoms with Gasteiger partial charge in [0.15, 0.2) is 11.8 Å². The number of nitrogens with one attached hydrogen (secondary N) is 1. The van der Waals surface area contributed by atoms with Gasteiger partial charge in [-0.15, -0.1) is 0 Å². The van der Waals surface area contributed by atoms with Crippen molar-refractivity contribution < 1.29 is 42.3 Å². The number of aromatic nitrogens is 2. The largest absolute Gasteiger partial charge is 0.575 e. The monoisotopic (exact) mass is 595 g/mol. The summed E-state index contributed by atoms with van der Waals surface area (Å²) in [6.07, 6.45) is -0.409. The Kier molecular flexibility index (Phi) is 8.33. The Morgan fingerprint density at radius 1 is 1.22 bits per heavy atom. The van der Waals surface area contributed by atoms with E-state index in [1.165, 1.54) is 19.1 Å². The topological polar surface area (TPSA) is 164 Å². The second-order valence-electron chi connectivity index (χ2n) is 9.74. The molecule has 2 heterocycles. The highest BCUT2D eigenvalue weighted by Crippen LogP contribution is 2.52. The number of H-pyrrole nitrogens is 1. The number of esters is 1. The molecule has 12 nitrogen and oxygen atoms in total. The molecule has 0 bridgehead atoms. The van der Waals surface area contributed by atoms with E-state index in [1.54, 1.807) is 38.1 Å². The van der Waals surface area contributed by atoms with E-state index in [1.807, 2.05) is 4.98 Å². The normalized spacial score (nSPS) is 23.3. The lowest BCUT2D eigenvalue weighted by molar-refractivity contribution is -0.354. The van der Waals surface area contributed by atoms with Crippen LogP contribution in [0.25, 0.3) is 10.8 Å². The number of carbonyl (C=O) groups is 1. The first-order valence-electron chi connectivity index (χ1n) is 12.5. The molecule has 0 spiro atoms. The maximum Gasteiger partial charge on any atom is 0.395 e. The lowest BCUT2D eigenvalue weighted by Gasteiger charge is -2.41. The van der Waals surface area contributed by atoms with E-state index in [4.69, 9.17) is 18.7 Å². The summed E-state index contributed by atoms with van der Waals surface area (Å²) in [7, 11) is -2.94. The number of hydrogen-bond donors (Lipinski definition) is 2. The number of fused-ring (bicyclic) bond motifs is 1. The summed E-state index contributed by atoms with van der Waals surface area (Å²) >= 11 is 0. The predicted octanol–water partition coefficient (Wildman–Crippen LogP) is 2.76. The standard InChI is InChI=1S/C26H28F2N3O9P/c1-15(2)38-22(33)16(3)30-41(36)40-21-18-8-6-5-7-17(18)9-10-19(21)39-24(4,35)26(28)25(27,12-14-37-26)31-13-11-20(32)29-23(31)34/h5-11,13,15-16,35H,12,14H2,1-4H3,(H,29,32,34)/t16-,24+,25-,26-/m0/s1. The number of carbonyl (C=O) groups excluding carboxylic acids is 1. The lowest BCUT2D eigenvalue weighted by Crippen LogP contribution is -2.65. The Balaban J connectivity index is 1.74. The molecule has 0 amide bonds. The van der Waals surface area contributed by atoms with Gasteiger partial charge in [-0.3, -0.25) is 18.9 Å². The Labute approximate surface area is 233 Å². The number of hydrogen-bond acceptors (Lipinski definition) is 10. The summed E-state index contributed by atoms with van der Waals surface area (Å²) in [5.74, 6) is -11.5. The molecule has 4 rings (SSSR count). The third kappa shape index (κ3) is 5.73. The molecule has 1 unspecified atom stereocenters. The Hall–Kier alpha value is -3.71. The van der Waals surface area contributed by atoms with Gasteiger partial charge in [-0.1, -0.05) is 35.1 Å². The highest BCUT2D eigenvalue weighted by atomic mass is 31.1. The van der Waals surface area contributed by atoms with Gasteiger partial charge in [-0.2, -0.15) is 4.39 Å². The number of benzene rings is 2. The van der Waals surface area contributed by atoms with Crippen LogP contribution in [-0.4, -0.2) is 51.0 Å². The summed E-state index contributed by atoms with van der Waals surface area (Å²) in [5.41, 5.74) is -2.12. The molecule has 1 fully saturated rings. The molecular formula is C26H28F2N3O9P. The van der Waals surface area contributed by atoms with Crippen LogP contribution in [0.4, 0.5) is 8.78 Å². The smallest absolute Gasteiger partial charge is 0.395 e. The van der Waals surface area contributed by atoms with Crippen LogP contribution in [0.15, 0.2) is 63.0 Å². The number of rotatable bonds is 9. The molecule has 0 radical (unpaired) electrons. The number of aliphatic hydroxyl groups is 1. The Bertz CT molecular complexity index is 1610. The minimum Gasteiger partial charge on any atom is -0.575 e. The van der Waals surface area contributed by atoms with Crippen molar-refractivity contribution >= 4 is 24.9 Å². The second-order valence-corrected chi connectivity index (χ2v) is 10.6. The zero-order chi connectivity index (χ0) is 30.2. The Morgan fingerprint density at radius 3 is 2.61 bits per heavy atom. The summed E-state index contributed by atoms with van der Waals surface area (Å²) < 4.78 is 58.0. The van der Waals surface area contributed by atoms with Crippen LogP contribution in [-0.2, 0) is 20.1 Å². The first-order valence-corrected chi connectivity index (χ1v) is 13.7. The van der Waals surface area contributed by atoms with E-state index in [0.29, 0.717) is 10.8 Å². The first-order chi connectivity index (χ1) is 19.2. The highest BCUT2D eigenvalue weighted by molar-refractivity contribution is 7.34. The van der Waals surface area contributed by atoms with Crippen molar-refractivity contribution in [1.82, 2.24) is 9.55 Å². The summed E-state index contributed by atoms with van der Waals surface area (Å²) in [4.78, 5) is 50.6. The van der Waals surface area contributed by atoms with Crippen molar-refractivity contribution in [2.45, 2.75) is 63.7 Å². The number of alkyl halides is 2. The summed E-state index contributed by atoms with van der Waals surface area (Å²) in [6.45, 7) is 4.84. The summed E-state index contributed by atoms with van der Waals surface area (Å²) in [5, 5.41) is 12.1. The number of halogens is 2. The van der Waals surface area contributed by atoms with Crippen molar-refractivity contribution in [3.05, 3.63) is 69.5 Å². The number of aromatic amines is 1. The van der Waals surface area contributed by atoms with Gasteiger partial charge in [0.1, 0.15) is 0 Å². The van der Waals surface area contributed by atoms with Crippen LogP contribution >= 0.6 is 8.17 Å². The molecule has 1 saturated heterocycles. The van der Waals surface area contributed by atoms with E-state index in [0.717, 1.165) is 19.2 Å². The minimum atomic E-state index is -3.69. The molecule has 0 aliphatic carbocycles. The van der Waals surface area contributed by atoms with Crippen molar-refractivity contribution in [1.29, 1.82) is 0 Å². The SMILES string of the molecule is CC(C)OC(=O)[C@H](C)N=[P+]([O-])Oc1c(O[C@@](C)(O)[C@]2(F)OCC[C@]2(F)n2ccc(=O)[nH]c2=O)ccc2ccccc12. The van der Waals surface area contributed by atoms with Gasteiger partial charge in [0.2, 0.25) is 5.75 Å². The van der Waals surface area contributed by atoms with E-state index >= 15 is 8.78 Å². The molecule has 1 aliphatic heterocycles. The third-order valence-electron chi connectivity index (χ3n) is 6.31. The van der Waals surface area contributed by atoms with Gasteiger partial charge in [-0.25, -0.2) is 14.0 Å². The van der Waals surface area contributed by atoms with Gasteiger partial charge in [0, 0.05) is 31.0 Å². The van der Waals surface area contributed by atoms with Crippen LogP contribution in [0.3, 0.4) is 0 Å². The Morgan fingerprint density at radius 2 is 1.93 bits per heavy atom. The quantitative estimate of drug-likeness (QED) is 0.215. The molecule has 41 heavy (non-hydrogen) atoms. The first kappa shape index (κ1) is 30.3. The lowest BCUT2D eigenvalue weighted by atomic mass is 9.96. The fraction of sp³-hybridized carbons (Fsp3) is 0.423. The zero-order valence-electron chi connectivity index (χ0n) is 22.5. The predicted molar refractivity (Wildman–Crippen MR) is 141 cm³/mol. The molecule has 5 atom stereocenters. The van der Waals surface area contributed by atoms with Gasteiger partial charge in [0.05, 0.1) is 12.7 Å². The average molecular weight is 595 g/mol. The van der Waals surface area contributed by atoms with Crippen LogP contribution in [0, 0.1) is 0 Å². The van der Waals surface area contributed by atoms with E-state index < -0.39 is 68.0 Å². The third-order valence-corrected chi connectivity index (χ3v) is 7.19. The molecule has 0 saturated carbocycles. The molecule has 1 aromatic heterocycles. The number of ether oxygens (including phenoxy) is 3. The van der Waals surface area contributed by atoms with E-state index in [2.05, 4.69) is 4.74 Å². The van der Waals surface area contributed by atoms with Crippen LogP contribution in [0.5, 0.6) is 11.5 Å². The summed E-state index contributed by atoms with van der Waals surface area (Å²) in [6, 6.07) is 9.00. The second kappa shape index (κ2) is 11.3. The molecule has 220 valence electrons. The fourth-order valence-electron chi connectivity index (χ4n) is 4.36. The van der Waals surface area contributed by atoms with Crippen molar-refractivity contribution in [3.8, 4) is 11.5 Å². The minimum absolute atomic E-state index is 0.259. The molecular weight excluding hydrogens is 567 g/mol. The van der Waals surface area contributed by atoms with E-state index in [-0.39, 0.29) is 16.1 Å². The van der Waals surface area contributed by atoms with E-state index in [9.17, 15) is 24.4 Å². The van der Waals surface area contributed by atoms with Crippen LogP contribution in [0.1, 0.15) is 34.1 Å². The van der Waals surface area contributed by atoms with Crippen molar-refractivity contribution in [2.24, 2.45) is 4.74 Å². The van der Waals surface area contributed by atoms with Gasteiger partial charge in [-0.05, 0) is 32.2 Å². The van der Waals surface area contributed by atoms with Crippen molar-refractivity contribution in [3.63, 3.8) is 0 Å². The van der Waals surface area contributed by atoms with Gasteiger partial charge >= 0.3 is 25.7 Å². The maximum atomic E-state index is 16.5. The molecule has 3 aromatic rings. The maximum absolute atomic E-state index is 16.5. The van der Waals surface area contributed by atoms with Crippen LogP contribution in [0.2, 0.25) is 0 Å². The van der Waals surface area contributed by atoms with Crippen LogP contribution < -0.4 is 25.4 Å². The van der Waals surface area contributed by atoms with Gasteiger partial charge in [0.25, 0.3) is 17.1 Å². The molecule has 2 N–H and O–H groups in total. The fourth-order valence-corrected chi connectivity index (χ4v) is 5.13. The zero-order valence-corrected chi connectivity index (χ0v) is 23.4.